The maximum absolute atomic E-state index is 12.0. The van der Waals surface area contributed by atoms with Crippen molar-refractivity contribution < 1.29 is 18.3 Å². The summed E-state index contributed by atoms with van der Waals surface area (Å²) >= 11 is 0. The Bertz CT molecular complexity index is 582. The lowest BCUT2D eigenvalue weighted by Gasteiger charge is -2.40. The number of hydrogen-bond acceptors (Lipinski definition) is 4. The number of carboxylic acids is 1. The predicted molar refractivity (Wildman–Crippen MR) is 78.3 cm³/mol. The third-order valence-corrected chi connectivity index (χ3v) is 5.29. The van der Waals surface area contributed by atoms with E-state index in [4.69, 9.17) is 5.11 Å². The lowest BCUT2D eigenvalue weighted by molar-refractivity contribution is -0.141. The molecule has 0 atom stereocenters. The maximum atomic E-state index is 12.0. The summed E-state index contributed by atoms with van der Waals surface area (Å²) in [6, 6.07) is 5.38. The van der Waals surface area contributed by atoms with E-state index in [0.717, 1.165) is 25.0 Å². The molecular weight excluding hydrogens is 292 g/mol. The molecule has 0 aliphatic heterocycles. The summed E-state index contributed by atoms with van der Waals surface area (Å²) in [5.41, 5.74) is 0.330. The van der Waals surface area contributed by atoms with Crippen molar-refractivity contribution in [3.8, 4) is 0 Å². The minimum Gasteiger partial charge on any atom is -0.481 e. The summed E-state index contributed by atoms with van der Waals surface area (Å²) in [6.45, 7) is 0.212. The maximum Gasteiger partial charge on any atom is 0.303 e. The Morgan fingerprint density at radius 3 is 2.67 bits per heavy atom. The fourth-order valence-electron chi connectivity index (χ4n) is 2.53. The van der Waals surface area contributed by atoms with Gasteiger partial charge >= 0.3 is 5.97 Å². The third kappa shape index (κ3) is 4.78. The fourth-order valence-corrected chi connectivity index (χ4v) is 3.68. The van der Waals surface area contributed by atoms with Gasteiger partial charge in [-0.1, -0.05) is 12.5 Å². The lowest BCUT2D eigenvalue weighted by atomic mass is 9.67. The van der Waals surface area contributed by atoms with Crippen molar-refractivity contribution >= 4 is 16.0 Å². The average Bonchev–Trinajstić information content (AvgIpc) is 2.40. The van der Waals surface area contributed by atoms with Gasteiger partial charge in [0.1, 0.15) is 0 Å². The Hall–Kier alpha value is -1.47. The molecule has 0 amide bonds. The Kier molecular flexibility index (Phi) is 4.95. The van der Waals surface area contributed by atoms with Crippen molar-refractivity contribution in [2.75, 3.05) is 12.3 Å². The monoisotopic (exact) mass is 312 g/mol. The van der Waals surface area contributed by atoms with Crippen LogP contribution >= 0.6 is 0 Å². The van der Waals surface area contributed by atoms with E-state index in [2.05, 4.69) is 9.71 Å². The van der Waals surface area contributed by atoms with E-state index in [9.17, 15) is 13.2 Å². The predicted octanol–water partition coefficient (Wildman–Crippen LogP) is 1.19. The summed E-state index contributed by atoms with van der Waals surface area (Å²) in [5.74, 6) is -0.907. The SMILES string of the molecule is O=C(O)CC1(CNS(=O)(=O)CCc2ccccn2)CCC1. The second-order valence-electron chi connectivity index (χ2n) is 5.64. The number of nitrogens with one attached hydrogen (secondary N) is 1. The topological polar surface area (TPSA) is 96.4 Å². The van der Waals surface area contributed by atoms with Crippen LogP contribution < -0.4 is 4.72 Å². The van der Waals surface area contributed by atoms with Crippen LogP contribution in [0, 0.1) is 5.41 Å². The van der Waals surface area contributed by atoms with Gasteiger partial charge in [0.25, 0.3) is 0 Å². The molecule has 1 aliphatic carbocycles. The number of sulfonamides is 1. The van der Waals surface area contributed by atoms with E-state index in [1.807, 2.05) is 6.07 Å². The Morgan fingerprint density at radius 1 is 1.38 bits per heavy atom. The van der Waals surface area contributed by atoms with Crippen molar-refractivity contribution in [2.45, 2.75) is 32.1 Å². The molecule has 1 aromatic rings. The smallest absolute Gasteiger partial charge is 0.303 e. The van der Waals surface area contributed by atoms with E-state index in [1.54, 1.807) is 18.3 Å². The number of hydrogen-bond donors (Lipinski definition) is 2. The van der Waals surface area contributed by atoms with E-state index in [0.29, 0.717) is 6.42 Å². The molecule has 1 saturated carbocycles. The second-order valence-corrected chi connectivity index (χ2v) is 7.56. The largest absolute Gasteiger partial charge is 0.481 e. The van der Waals surface area contributed by atoms with Crippen LogP contribution in [0.1, 0.15) is 31.4 Å². The van der Waals surface area contributed by atoms with Crippen molar-refractivity contribution in [1.82, 2.24) is 9.71 Å². The molecule has 0 spiro atoms. The summed E-state index contributed by atoms with van der Waals surface area (Å²) in [6.07, 6.45) is 4.50. The third-order valence-electron chi connectivity index (χ3n) is 3.96. The molecular formula is C14H20N2O4S. The number of carboxylic acid groups (broad SMARTS) is 1. The fraction of sp³-hybridized carbons (Fsp3) is 0.571. The van der Waals surface area contributed by atoms with Crippen LogP contribution in [0.5, 0.6) is 0 Å². The van der Waals surface area contributed by atoms with E-state index >= 15 is 0 Å². The molecule has 21 heavy (non-hydrogen) atoms. The molecule has 0 saturated heterocycles. The molecule has 0 aromatic carbocycles. The minimum atomic E-state index is -3.41. The van der Waals surface area contributed by atoms with Crippen LogP contribution in [0.4, 0.5) is 0 Å². The molecule has 0 unspecified atom stereocenters. The van der Waals surface area contributed by atoms with Crippen molar-refractivity contribution in [2.24, 2.45) is 5.41 Å². The van der Waals surface area contributed by atoms with Gasteiger partial charge in [-0.25, -0.2) is 13.1 Å². The summed E-state index contributed by atoms with van der Waals surface area (Å²) < 4.78 is 26.5. The van der Waals surface area contributed by atoms with Crippen LogP contribution in [0.15, 0.2) is 24.4 Å². The van der Waals surface area contributed by atoms with Gasteiger partial charge in [0.05, 0.1) is 12.2 Å². The molecule has 7 heteroatoms. The first-order valence-corrected chi connectivity index (χ1v) is 8.65. The number of carbonyl (C=O) groups is 1. The Morgan fingerprint density at radius 2 is 2.14 bits per heavy atom. The first-order chi connectivity index (χ1) is 9.91. The Labute approximate surface area is 124 Å². The van der Waals surface area contributed by atoms with Crippen molar-refractivity contribution in [3.63, 3.8) is 0 Å². The zero-order valence-corrected chi connectivity index (χ0v) is 12.6. The highest BCUT2D eigenvalue weighted by molar-refractivity contribution is 7.89. The van der Waals surface area contributed by atoms with Crippen LogP contribution in [0.2, 0.25) is 0 Å². The van der Waals surface area contributed by atoms with Crippen LogP contribution in [-0.4, -0.2) is 36.8 Å². The number of aromatic nitrogens is 1. The minimum absolute atomic E-state index is 0.0236. The molecule has 1 aliphatic rings. The number of rotatable bonds is 8. The van der Waals surface area contributed by atoms with E-state index in [-0.39, 0.29) is 18.7 Å². The van der Waals surface area contributed by atoms with Crippen LogP contribution in [0.3, 0.4) is 0 Å². The van der Waals surface area contributed by atoms with Gasteiger partial charge in [0.2, 0.25) is 10.0 Å². The number of pyridine rings is 1. The quantitative estimate of drug-likeness (QED) is 0.751. The van der Waals surface area contributed by atoms with E-state index < -0.39 is 21.4 Å². The molecule has 0 radical (unpaired) electrons. The molecule has 2 N–H and O–H groups in total. The van der Waals surface area contributed by atoms with Crippen molar-refractivity contribution in [1.29, 1.82) is 0 Å². The van der Waals surface area contributed by atoms with Gasteiger partial charge in [0.15, 0.2) is 0 Å². The van der Waals surface area contributed by atoms with Gasteiger partial charge in [-0.05, 0) is 30.4 Å². The van der Waals surface area contributed by atoms with Crippen LogP contribution in [0.25, 0.3) is 0 Å². The molecule has 116 valence electrons. The summed E-state index contributed by atoms with van der Waals surface area (Å²) in [4.78, 5) is 14.9. The van der Waals surface area contributed by atoms with Crippen LogP contribution in [-0.2, 0) is 21.2 Å². The first-order valence-electron chi connectivity index (χ1n) is 7.00. The number of aryl methyl sites for hydroxylation is 1. The van der Waals surface area contributed by atoms with E-state index in [1.165, 1.54) is 0 Å². The summed E-state index contributed by atoms with van der Waals surface area (Å²) in [5, 5.41) is 8.91. The standard InChI is InChI=1S/C14H20N2O4S/c17-13(18)10-14(6-3-7-14)11-16-21(19,20)9-5-12-4-1-2-8-15-12/h1-2,4,8,16H,3,5-7,9-11H2,(H,17,18). The van der Waals surface area contributed by atoms with Gasteiger partial charge in [-0.15, -0.1) is 0 Å². The summed E-state index contributed by atoms with van der Waals surface area (Å²) in [7, 11) is -3.41. The first kappa shape index (κ1) is 15.9. The van der Waals surface area contributed by atoms with Gasteiger partial charge < -0.3 is 5.11 Å². The second kappa shape index (κ2) is 6.53. The van der Waals surface area contributed by atoms with Crippen molar-refractivity contribution in [3.05, 3.63) is 30.1 Å². The number of nitrogens with zero attached hydrogens (tertiary/aromatic N) is 1. The van der Waals surface area contributed by atoms with Gasteiger partial charge in [-0.3, -0.25) is 9.78 Å². The van der Waals surface area contributed by atoms with Gasteiger partial charge in [0, 0.05) is 24.9 Å². The molecule has 0 bridgehead atoms. The Balaban J connectivity index is 1.85. The zero-order chi connectivity index (χ0) is 15.3. The normalized spacial score (nSPS) is 17.1. The molecule has 1 fully saturated rings. The molecule has 2 rings (SSSR count). The highest BCUT2D eigenvalue weighted by Gasteiger charge is 2.39. The lowest BCUT2D eigenvalue weighted by Crippen LogP contribution is -2.44. The molecule has 1 aromatic heterocycles. The average molecular weight is 312 g/mol. The number of aliphatic carboxylic acids is 1. The zero-order valence-electron chi connectivity index (χ0n) is 11.8. The highest BCUT2D eigenvalue weighted by atomic mass is 32.2. The van der Waals surface area contributed by atoms with Gasteiger partial charge in [-0.2, -0.15) is 0 Å². The molecule has 1 heterocycles. The molecule has 6 nitrogen and oxygen atoms in total. The highest BCUT2D eigenvalue weighted by Crippen LogP contribution is 2.43.